The molecule has 0 bridgehead atoms. The van der Waals surface area contributed by atoms with Gasteiger partial charge in [0.05, 0.1) is 29.1 Å². The Bertz CT molecular complexity index is 1420. The van der Waals surface area contributed by atoms with Crippen LogP contribution in [0.4, 0.5) is 11.4 Å². The third-order valence-electron chi connectivity index (χ3n) is 5.73. The smallest absolute Gasteiger partial charge is 0.266 e. The number of ether oxygens (including phenoxy) is 1. The second-order valence-corrected chi connectivity index (χ2v) is 7.75. The average molecular weight is 439 g/mol. The molecule has 0 aliphatic carbocycles. The van der Waals surface area contributed by atoms with Crippen LogP contribution in [0, 0.1) is 0 Å². The first-order valence-electron chi connectivity index (χ1n) is 10.6. The zero-order chi connectivity index (χ0) is 23.1. The number of carbonyl (C=O) groups is 3. The summed E-state index contributed by atoms with van der Waals surface area (Å²) >= 11 is 0. The number of hydrogen-bond acceptors (Lipinski definition) is 4. The largest absolute Gasteiger partial charge is 0.494 e. The molecule has 1 aromatic heterocycles. The van der Waals surface area contributed by atoms with Crippen LogP contribution in [0.3, 0.4) is 0 Å². The summed E-state index contributed by atoms with van der Waals surface area (Å²) in [5.74, 6) is -0.571. The van der Waals surface area contributed by atoms with Crippen molar-refractivity contribution < 1.29 is 19.1 Å². The molecule has 5 rings (SSSR count). The Morgan fingerprint density at radius 3 is 2.45 bits per heavy atom. The maximum absolute atomic E-state index is 13.1. The fraction of sp³-hybridized carbons (Fsp3) is 0.115. The number of fused-ring (bicyclic) bond motifs is 2. The summed E-state index contributed by atoms with van der Waals surface area (Å²) < 4.78 is 7.40. The van der Waals surface area contributed by atoms with Crippen LogP contribution < -0.4 is 15.0 Å². The third-order valence-corrected chi connectivity index (χ3v) is 5.73. The van der Waals surface area contributed by atoms with Crippen LogP contribution in [0.5, 0.6) is 5.75 Å². The molecule has 0 saturated carbocycles. The Balaban J connectivity index is 1.42. The van der Waals surface area contributed by atoms with Crippen LogP contribution in [0.1, 0.15) is 38.0 Å². The summed E-state index contributed by atoms with van der Waals surface area (Å²) in [6, 6.07) is 18.9. The highest BCUT2D eigenvalue weighted by atomic mass is 16.5. The average Bonchev–Trinajstić information content (AvgIpc) is 3.32. The van der Waals surface area contributed by atoms with Crippen molar-refractivity contribution in [3.05, 3.63) is 89.6 Å². The van der Waals surface area contributed by atoms with Crippen molar-refractivity contribution in [2.24, 2.45) is 7.05 Å². The van der Waals surface area contributed by atoms with Crippen LogP contribution in [0.15, 0.2) is 72.9 Å². The number of benzene rings is 3. The first-order chi connectivity index (χ1) is 16.0. The van der Waals surface area contributed by atoms with Gasteiger partial charge in [-0.05, 0) is 67.6 Å². The van der Waals surface area contributed by atoms with Crippen LogP contribution >= 0.6 is 0 Å². The zero-order valence-electron chi connectivity index (χ0n) is 18.2. The number of rotatable bonds is 5. The molecule has 164 valence electrons. The van der Waals surface area contributed by atoms with Crippen molar-refractivity contribution in [1.29, 1.82) is 0 Å². The van der Waals surface area contributed by atoms with Gasteiger partial charge in [0.15, 0.2) is 0 Å². The van der Waals surface area contributed by atoms with E-state index in [9.17, 15) is 14.4 Å². The molecular weight excluding hydrogens is 418 g/mol. The maximum atomic E-state index is 13.1. The molecule has 0 unspecified atom stereocenters. The lowest BCUT2D eigenvalue weighted by molar-refractivity contribution is 0.0925. The molecule has 3 aromatic carbocycles. The summed E-state index contributed by atoms with van der Waals surface area (Å²) in [4.78, 5) is 40.1. The summed E-state index contributed by atoms with van der Waals surface area (Å²) in [5.41, 5.74) is 2.91. The van der Waals surface area contributed by atoms with E-state index in [1.807, 2.05) is 49.0 Å². The Labute approximate surface area is 190 Å². The Morgan fingerprint density at radius 2 is 1.70 bits per heavy atom. The van der Waals surface area contributed by atoms with Gasteiger partial charge in [-0.2, -0.15) is 0 Å². The molecule has 0 radical (unpaired) electrons. The van der Waals surface area contributed by atoms with Crippen molar-refractivity contribution in [2.75, 3.05) is 16.8 Å². The van der Waals surface area contributed by atoms with E-state index in [1.165, 1.54) is 12.1 Å². The highest BCUT2D eigenvalue weighted by molar-refractivity contribution is 6.34. The van der Waals surface area contributed by atoms with Gasteiger partial charge in [0.1, 0.15) is 5.75 Å². The molecular formula is C26H21N3O4. The van der Waals surface area contributed by atoms with Gasteiger partial charge in [0, 0.05) is 29.7 Å². The summed E-state index contributed by atoms with van der Waals surface area (Å²) in [6.45, 7) is 2.40. The predicted molar refractivity (Wildman–Crippen MR) is 126 cm³/mol. The van der Waals surface area contributed by atoms with E-state index >= 15 is 0 Å². The zero-order valence-corrected chi connectivity index (χ0v) is 18.2. The highest BCUT2D eigenvalue weighted by Gasteiger charge is 2.37. The number of hydrogen-bond donors (Lipinski definition) is 1. The highest BCUT2D eigenvalue weighted by Crippen LogP contribution is 2.31. The van der Waals surface area contributed by atoms with Crippen LogP contribution in [0.25, 0.3) is 10.9 Å². The van der Waals surface area contributed by atoms with E-state index in [0.717, 1.165) is 15.8 Å². The van der Waals surface area contributed by atoms with Crippen molar-refractivity contribution in [2.45, 2.75) is 6.92 Å². The van der Waals surface area contributed by atoms with Crippen molar-refractivity contribution in [3.63, 3.8) is 0 Å². The molecule has 7 nitrogen and oxygen atoms in total. The number of amides is 3. The second kappa shape index (κ2) is 7.94. The topological polar surface area (TPSA) is 80.6 Å². The lowest BCUT2D eigenvalue weighted by Crippen LogP contribution is -2.29. The number of anilines is 2. The van der Waals surface area contributed by atoms with Crippen molar-refractivity contribution >= 4 is 40.0 Å². The van der Waals surface area contributed by atoms with E-state index in [0.29, 0.717) is 29.3 Å². The first kappa shape index (κ1) is 20.5. The lowest BCUT2D eigenvalue weighted by atomic mass is 10.1. The van der Waals surface area contributed by atoms with Crippen molar-refractivity contribution in [3.8, 4) is 5.75 Å². The fourth-order valence-corrected chi connectivity index (χ4v) is 4.08. The SMILES string of the molecule is CCOc1ccc(N2C(=O)c3ccc(C(=O)Nc4cccc5c4ccn5C)cc3C2=O)cc1. The maximum Gasteiger partial charge on any atom is 0.266 e. The molecule has 33 heavy (non-hydrogen) atoms. The number of aryl methyl sites for hydroxylation is 1. The molecule has 7 heteroatoms. The Kier molecular flexibility index (Phi) is 4.94. The first-order valence-corrected chi connectivity index (χ1v) is 10.6. The standard InChI is InChI=1S/C26H21N3O4/c1-3-33-18-10-8-17(9-11-18)29-25(31)19-12-7-16(15-21(19)26(29)32)24(30)27-22-5-4-6-23-20(22)13-14-28(23)2/h4-15H,3H2,1-2H3,(H,27,30). The van der Waals surface area contributed by atoms with Crippen LogP contribution in [-0.4, -0.2) is 28.9 Å². The monoisotopic (exact) mass is 439 g/mol. The molecule has 1 aliphatic rings. The molecule has 2 heterocycles. The molecule has 1 aliphatic heterocycles. The summed E-state index contributed by atoms with van der Waals surface area (Å²) in [7, 11) is 1.94. The van der Waals surface area contributed by atoms with E-state index < -0.39 is 11.8 Å². The molecule has 0 saturated heterocycles. The summed E-state index contributed by atoms with van der Waals surface area (Å²) in [6.07, 6.45) is 1.93. The minimum atomic E-state index is -0.459. The number of carbonyl (C=O) groups excluding carboxylic acids is 3. The van der Waals surface area contributed by atoms with Gasteiger partial charge in [0.25, 0.3) is 17.7 Å². The fourth-order valence-electron chi connectivity index (χ4n) is 4.08. The quantitative estimate of drug-likeness (QED) is 0.460. The second-order valence-electron chi connectivity index (χ2n) is 7.75. The van der Waals surface area contributed by atoms with E-state index in [4.69, 9.17) is 4.74 Å². The van der Waals surface area contributed by atoms with Gasteiger partial charge in [-0.1, -0.05) is 6.07 Å². The molecule has 0 spiro atoms. The number of nitrogens with zero attached hydrogens (tertiary/aromatic N) is 2. The molecule has 3 amide bonds. The van der Waals surface area contributed by atoms with Crippen molar-refractivity contribution in [1.82, 2.24) is 4.57 Å². The van der Waals surface area contributed by atoms with E-state index in [2.05, 4.69) is 5.32 Å². The van der Waals surface area contributed by atoms with Gasteiger partial charge in [-0.3, -0.25) is 14.4 Å². The van der Waals surface area contributed by atoms with Crippen LogP contribution in [0.2, 0.25) is 0 Å². The third kappa shape index (κ3) is 3.43. The van der Waals surface area contributed by atoms with Gasteiger partial charge in [0.2, 0.25) is 0 Å². The normalized spacial score (nSPS) is 12.8. The Hall–Kier alpha value is -4.39. The number of aromatic nitrogens is 1. The molecule has 0 atom stereocenters. The molecule has 1 N–H and O–H groups in total. The van der Waals surface area contributed by atoms with E-state index in [1.54, 1.807) is 30.3 Å². The summed E-state index contributed by atoms with van der Waals surface area (Å²) in [5, 5.41) is 3.84. The minimum absolute atomic E-state index is 0.208. The van der Waals surface area contributed by atoms with Gasteiger partial charge in [-0.25, -0.2) is 4.90 Å². The minimum Gasteiger partial charge on any atom is -0.494 e. The van der Waals surface area contributed by atoms with Gasteiger partial charge >= 0.3 is 0 Å². The lowest BCUT2D eigenvalue weighted by Gasteiger charge is -2.14. The number of imide groups is 1. The van der Waals surface area contributed by atoms with Crippen LogP contribution in [-0.2, 0) is 7.05 Å². The molecule has 0 fully saturated rings. The number of nitrogens with one attached hydrogen (secondary N) is 1. The Morgan fingerprint density at radius 1 is 0.939 bits per heavy atom. The molecule has 4 aromatic rings. The van der Waals surface area contributed by atoms with Gasteiger partial charge in [-0.15, -0.1) is 0 Å². The predicted octanol–water partition coefficient (Wildman–Crippen LogP) is 4.63. The van der Waals surface area contributed by atoms with E-state index in [-0.39, 0.29) is 17.0 Å². The van der Waals surface area contributed by atoms with Gasteiger partial charge < -0.3 is 14.6 Å².